The van der Waals surface area contributed by atoms with Crippen molar-refractivity contribution in [3.63, 3.8) is 0 Å². The van der Waals surface area contributed by atoms with E-state index < -0.39 is 4.33 Å². The zero-order chi connectivity index (χ0) is 27.4. The number of H-pyrrole nitrogens is 1. The van der Waals surface area contributed by atoms with Crippen LogP contribution < -0.4 is 10.6 Å². The number of nitrogens with one attached hydrogen (secondary N) is 3. The number of nitriles is 1. The van der Waals surface area contributed by atoms with Crippen LogP contribution in [0.5, 0.6) is 0 Å². The Balaban J connectivity index is 1.42. The molecule has 3 aromatic carbocycles. The van der Waals surface area contributed by atoms with E-state index in [9.17, 15) is 0 Å². The van der Waals surface area contributed by atoms with Crippen molar-refractivity contribution in [1.29, 1.82) is 5.26 Å². The van der Waals surface area contributed by atoms with Gasteiger partial charge in [-0.15, -0.1) is 23.2 Å². The Bertz CT molecular complexity index is 1620. The molecule has 1 heterocycles. The number of benzene rings is 3. The maximum absolute atomic E-state index is 8.90. The average molecular weight is 582 g/mol. The fourth-order valence-electron chi connectivity index (χ4n) is 5.00. The van der Waals surface area contributed by atoms with Gasteiger partial charge in [0.2, 0.25) is 0 Å². The van der Waals surface area contributed by atoms with E-state index in [0.29, 0.717) is 10.0 Å². The van der Waals surface area contributed by atoms with Gasteiger partial charge in [-0.1, -0.05) is 42.4 Å². The third-order valence-corrected chi connectivity index (χ3v) is 8.40. The van der Waals surface area contributed by atoms with Crippen LogP contribution in [-0.4, -0.2) is 9.32 Å². The molecular formula is C30H24Cl4N4. The molecule has 1 fully saturated rings. The molecule has 3 N–H and O–H groups in total. The molecule has 1 aliphatic carbocycles. The number of halogens is 4. The van der Waals surface area contributed by atoms with E-state index in [2.05, 4.69) is 34.8 Å². The summed E-state index contributed by atoms with van der Waals surface area (Å²) in [5.74, 6) is -0.327. The lowest BCUT2D eigenvalue weighted by Gasteiger charge is -2.13. The minimum atomic E-state index is -0.995. The van der Waals surface area contributed by atoms with Gasteiger partial charge in [0.25, 0.3) is 0 Å². The molecule has 1 aromatic heterocycles. The molecular weight excluding hydrogens is 558 g/mol. The van der Waals surface area contributed by atoms with E-state index in [1.807, 2.05) is 68.4 Å². The van der Waals surface area contributed by atoms with Crippen LogP contribution in [0.1, 0.15) is 39.8 Å². The summed E-state index contributed by atoms with van der Waals surface area (Å²) >= 11 is 26.8. The Labute approximate surface area is 241 Å². The maximum atomic E-state index is 8.90. The van der Waals surface area contributed by atoms with Gasteiger partial charge in [-0.05, 0) is 79.1 Å². The molecule has 1 aliphatic rings. The molecule has 2 unspecified atom stereocenters. The van der Waals surface area contributed by atoms with Crippen LogP contribution in [0, 0.1) is 25.2 Å². The van der Waals surface area contributed by atoms with Crippen LogP contribution in [-0.2, 0) is 0 Å². The molecule has 4 nitrogen and oxygen atoms in total. The molecule has 2 atom stereocenters. The summed E-state index contributed by atoms with van der Waals surface area (Å²) in [5.41, 5.74) is 8.35. The quantitative estimate of drug-likeness (QED) is 0.150. The Morgan fingerprint density at radius 2 is 1.61 bits per heavy atom. The number of allylic oxidation sites excluding steroid dienone is 1. The van der Waals surface area contributed by atoms with Gasteiger partial charge in [0, 0.05) is 56.1 Å². The maximum Gasteiger partial charge on any atom is 0.134 e. The van der Waals surface area contributed by atoms with Crippen molar-refractivity contribution in [2.24, 2.45) is 0 Å². The molecule has 0 spiro atoms. The first-order chi connectivity index (χ1) is 18.0. The number of nitrogens with zero attached hydrogens (tertiary/aromatic N) is 1. The number of rotatable bonds is 7. The summed E-state index contributed by atoms with van der Waals surface area (Å²) in [6.07, 6.45) is 0. The van der Waals surface area contributed by atoms with E-state index in [1.165, 1.54) is 0 Å². The molecule has 0 bridgehead atoms. The molecule has 4 aromatic rings. The number of aromatic amines is 1. The average Bonchev–Trinajstić information content (AvgIpc) is 3.30. The third kappa shape index (κ3) is 4.88. The number of alkyl halides is 2. The largest absolute Gasteiger partial charge is 0.357 e. The summed E-state index contributed by atoms with van der Waals surface area (Å²) in [5, 5.41) is 17.4. The van der Waals surface area contributed by atoms with E-state index >= 15 is 0 Å². The van der Waals surface area contributed by atoms with Gasteiger partial charge >= 0.3 is 0 Å². The van der Waals surface area contributed by atoms with Gasteiger partial charge in [-0.3, -0.25) is 0 Å². The zero-order valence-corrected chi connectivity index (χ0v) is 23.7. The van der Waals surface area contributed by atoms with Crippen molar-refractivity contribution in [2.45, 2.75) is 30.0 Å². The van der Waals surface area contributed by atoms with Crippen molar-refractivity contribution in [2.75, 3.05) is 10.6 Å². The van der Waals surface area contributed by atoms with Crippen molar-refractivity contribution in [1.82, 2.24) is 4.98 Å². The van der Waals surface area contributed by atoms with Crippen molar-refractivity contribution < 1.29 is 0 Å². The second-order valence-corrected chi connectivity index (χ2v) is 11.9. The smallest absolute Gasteiger partial charge is 0.134 e. The van der Waals surface area contributed by atoms with Crippen LogP contribution in [0.25, 0.3) is 16.6 Å². The van der Waals surface area contributed by atoms with E-state index in [-0.39, 0.29) is 17.5 Å². The van der Waals surface area contributed by atoms with Crippen LogP contribution in [0.2, 0.25) is 10.0 Å². The fraction of sp³-hybridized carbons (Fsp3) is 0.167. The molecule has 5 rings (SSSR count). The number of aryl methyl sites for hydroxylation is 2. The summed E-state index contributed by atoms with van der Waals surface area (Å²) in [6.45, 7) is 11.9. The lowest BCUT2D eigenvalue weighted by Crippen LogP contribution is -2.00. The summed E-state index contributed by atoms with van der Waals surface area (Å²) in [6, 6.07) is 19.5. The van der Waals surface area contributed by atoms with E-state index in [1.54, 1.807) is 0 Å². The number of fused-ring (bicyclic) bond motifs is 1. The molecule has 0 radical (unpaired) electrons. The Hall–Kier alpha value is -3.07. The molecule has 192 valence electrons. The van der Waals surface area contributed by atoms with Gasteiger partial charge in [0.05, 0.1) is 5.02 Å². The number of hydrogen-bond acceptors (Lipinski definition) is 3. The highest BCUT2D eigenvalue weighted by molar-refractivity contribution is 6.53. The SMILES string of the molecule is C=C(C#N)Nc1ccc(NC(=C)c2cc3[nH]c(C4C(c5cc(C)cc(Cl)c5)C4(Cl)Cl)c(Cl)c3cc2C)cc1. The van der Waals surface area contributed by atoms with Crippen LogP contribution in [0.15, 0.2) is 73.5 Å². The highest BCUT2D eigenvalue weighted by Crippen LogP contribution is 2.71. The van der Waals surface area contributed by atoms with Gasteiger partial charge in [-0.25, -0.2) is 0 Å². The molecule has 38 heavy (non-hydrogen) atoms. The Kier molecular flexibility index (Phi) is 6.92. The van der Waals surface area contributed by atoms with Crippen LogP contribution >= 0.6 is 46.4 Å². The first-order valence-electron chi connectivity index (χ1n) is 11.9. The topological polar surface area (TPSA) is 63.6 Å². The molecule has 8 heteroatoms. The third-order valence-electron chi connectivity index (χ3n) is 6.83. The standard InChI is InChI=1S/C30H24Cl4N4/c1-15-9-19(12-20(31)10-15)26-27(30(26,33)34)29-28(32)24-11-16(2)23(13-25(24)38-29)18(4)37-22-7-5-21(6-8-22)36-17(3)14-35/h5-13,26-27,36-38H,3-4H2,1-2H3. The fourth-order valence-corrected chi connectivity index (χ4v) is 6.47. The Morgan fingerprint density at radius 3 is 2.24 bits per heavy atom. The molecule has 0 amide bonds. The summed E-state index contributed by atoms with van der Waals surface area (Å²) in [4.78, 5) is 3.48. The van der Waals surface area contributed by atoms with Gasteiger partial charge in [0.1, 0.15) is 16.1 Å². The summed E-state index contributed by atoms with van der Waals surface area (Å²) < 4.78 is -0.995. The number of aromatic nitrogens is 1. The summed E-state index contributed by atoms with van der Waals surface area (Å²) in [7, 11) is 0. The number of hydrogen-bond donors (Lipinski definition) is 3. The minimum absolute atomic E-state index is 0.131. The predicted molar refractivity (Wildman–Crippen MR) is 162 cm³/mol. The normalized spacial score (nSPS) is 17.6. The van der Waals surface area contributed by atoms with Crippen molar-refractivity contribution >= 4 is 74.4 Å². The second kappa shape index (κ2) is 9.91. The van der Waals surface area contributed by atoms with Crippen molar-refractivity contribution in [3.05, 3.63) is 111 Å². The monoisotopic (exact) mass is 580 g/mol. The molecule has 0 aliphatic heterocycles. The number of anilines is 2. The van der Waals surface area contributed by atoms with Crippen molar-refractivity contribution in [3.8, 4) is 6.07 Å². The van der Waals surface area contributed by atoms with Gasteiger partial charge in [-0.2, -0.15) is 5.26 Å². The predicted octanol–water partition coefficient (Wildman–Crippen LogP) is 9.68. The van der Waals surface area contributed by atoms with E-state index in [4.69, 9.17) is 51.7 Å². The minimum Gasteiger partial charge on any atom is -0.357 e. The van der Waals surface area contributed by atoms with Crippen LogP contribution in [0.3, 0.4) is 0 Å². The van der Waals surface area contributed by atoms with Gasteiger partial charge < -0.3 is 15.6 Å². The second-order valence-electron chi connectivity index (χ2n) is 9.65. The highest BCUT2D eigenvalue weighted by Gasteiger charge is 2.65. The van der Waals surface area contributed by atoms with Crippen LogP contribution in [0.4, 0.5) is 11.4 Å². The lowest BCUT2D eigenvalue weighted by molar-refractivity contribution is 0.987. The first-order valence-corrected chi connectivity index (χ1v) is 13.4. The first kappa shape index (κ1) is 26.5. The zero-order valence-electron chi connectivity index (χ0n) is 20.7. The Morgan fingerprint density at radius 1 is 0.947 bits per heavy atom. The highest BCUT2D eigenvalue weighted by atomic mass is 35.5. The molecule has 0 saturated heterocycles. The molecule has 1 saturated carbocycles. The van der Waals surface area contributed by atoms with Gasteiger partial charge in [0.15, 0.2) is 0 Å². The van der Waals surface area contributed by atoms with E-state index in [0.717, 1.165) is 55.9 Å². The lowest BCUT2D eigenvalue weighted by atomic mass is 10.0.